The van der Waals surface area contributed by atoms with Gasteiger partial charge in [-0.2, -0.15) is 0 Å². The lowest BCUT2D eigenvalue weighted by Crippen LogP contribution is -2.17. The number of hydrogen-bond acceptors (Lipinski definition) is 5. The Bertz CT molecular complexity index is 706. The number of ether oxygens (including phenoxy) is 2. The fraction of sp³-hybridized carbons (Fsp3) is 0.267. The number of carbonyl (C=O) groups is 2. The molecule has 1 aromatic heterocycles. The second kappa shape index (κ2) is 5.40. The van der Waals surface area contributed by atoms with Crippen LogP contribution in [0, 0.1) is 0 Å². The van der Waals surface area contributed by atoms with Crippen LogP contribution in [0.15, 0.2) is 24.5 Å². The third-order valence-corrected chi connectivity index (χ3v) is 3.33. The average Bonchev–Trinajstić information content (AvgIpc) is 2.92. The largest absolute Gasteiger partial charge is 0.485 e. The number of hydrogen-bond donors (Lipinski definition) is 0. The quantitative estimate of drug-likeness (QED) is 0.631. The van der Waals surface area contributed by atoms with Crippen LogP contribution in [-0.2, 0) is 22.6 Å². The van der Waals surface area contributed by atoms with Crippen molar-refractivity contribution in [1.29, 1.82) is 0 Å². The molecule has 1 aliphatic rings. The summed E-state index contributed by atoms with van der Waals surface area (Å²) in [6, 6.07) is 5.56. The summed E-state index contributed by atoms with van der Waals surface area (Å²) in [5.74, 6) is 0.201. The Balaban J connectivity index is 2.06. The summed E-state index contributed by atoms with van der Waals surface area (Å²) in [5.41, 5.74) is 2.52. The minimum Gasteiger partial charge on any atom is -0.485 e. The SMILES string of the molecule is CCOC(=O)c1ncn2c1COc1c(CC=O)cccc1-2. The number of aromatic nitrogens is 2. The third-order valence-electron chi connectivity index (χ3n) is 3.33. The maximum absolute atomic E-state index is 11.9. The van der Waals surface area contributed by atoms with Gasteiger partial charge in [0, 0.05) is 12.0 Å². The minimum atomic E-state index is -0.456. The second-order valence-corrected chi connectivity index (χ2v) is 4.56. The summed E-state index contributed by atoms with van der Waals surface area (Å²) in [6.45, 7) is 2.26. The summed E-state index contributed by atoms with van der Waals surface area (Å²) >= 11 is 0. The molecule has 0 N–H and O–H groups in total. The fourth-order valence-electron chi connectivity index (χ4n) is 2.41. The van der Waals surface area contributed by atoms with E-state index in [9.17, 15) is 9.59 Å². The number of esters is 1. The molecule has 0 fully saturated rings. The third kappa shape index (κ3) is 2.18. The highest BCUT2D eigenvalue weighted by Gasteiger charge is 2.26. The lowest BCUT2D eigenvalue weighted by molar-refractivity contribution is -0.107. The first-order valence-corrected chi connectivity index (χ1v) is 6.68. The van der Waals surface area contributed by atoms with Crippen molar-refractivity contribution in [3.63, 3.8) is 0 Å². The van der Waals surface area contributed by atoms with Crippen LogP contribution in [0.3, 0.4) is 0 Å². The number of nitrogens with zero attached hydrogens (tertiary/aromatic N) is 2. The summed E-state index contributed by atoms with van der Waals surface area (Å²) in [5, 5.41) is 0. The fourth-order valence-corrected chi connectivity index (χ4v) is 2.41. The van der Waals surface area contributed by atoms with Crippen LogP contribution in [0.25, 0.3) is 5.69 Å². The standard InChI is InChI=1S/C15H14N2O4/c1-2-20-15(19)13-12-8-21-14-10(6-7-18)4-3-5-11(14)17(12)9-16-13/h3-5,7,9H,2,6,8H2,1H3. The van der Waals surface area contributed by atoms with Gasteiger partial charge in [-0.15, -0.1) is 0 Å². The molecule has 0 bridgehead atoms. The first-order chi connectivity index (χ1) is 10.3. The molecular formula is C15H14N2O4. The summed E-state index contributed by atoms with van der Waals surface area (Å²) in [7, 11) is 0. The Morgan fingerprint density at radius 3 is 3.14 bits per heavy atom. The molecule has 6 nitrogen and oxygen atoms in total. The van der Waals surface area contributed by atoms with Gasteiger partial charge in [-0.3, -0.25) is 4.57 Å². The second-order valence-electron chi connectivity index (χ2n) is 4.56. The molecule has 108 valence electrons. The first kappa shape index (κ1) is 13.4. The molecule has 0 saturated carbocycles. The van der Waals surface area contributed by atoms with E-state index < -0.39 is 5.97 Å². The number of rotatable bonds is 4. The normalized spacial score (nSPS) is 12.0. The van der Waals surface area contributed by atoms with Crippen molar-refractivity contribution < 1.29 is 19.1 Å². The Morgan fingerprint density at radius 2 is 2.38 bits per heavy atom. The van der Waals surface area contributed by atoms with Crippen molar-refractivity contribution >= 4 is 12.3 Å². The molecule has 6 heteroatoms. The highest BCUT2D eigenvalue weighted by molar-refractivity contribution is 5.89. The molecule has 0 spiro atoms. The zero-order valence-corrected chi connectivity index (χ0v) is 11.5. The van der Waals surface area contributed by atoms with Gasteiger partial charge in [0.2, 0.25) is 0 Å². The molecule has 2 heterocycles. The van der Waals surface area contributed by atoms with Crippen LogP contribution >= 0.6 is 0 Å². The van der Waals surface area contributed by atoms with Gasteiger partial charge in [0.15, 0.2) is 5.69 Å². The van der Waals surface area contributed by atoms with E-state index in [-0.39, 0.29) is 18.7 Å². The van der Waals surface area contributed by atoms with Crippen LogP contribution in [0.2, 0.25) is 0 Å². The van der Waals surface area contributed by atoms with Crippen molar-refractivity contribution in [1.82, 2.24) is 9.55 Å². The lowest BCUT2D eigenvalue weighted by atomic mass is 10.1. The molecule has 2 aromatic rings. The van der Waals surface area contributed by atoms with Crippen LogP contribution in [-0.4, -0.2) is 28.4 Å². The van der Waals surface area contributed by atoms with Gasteiger partial charge >= 0.3 is 5.97 Å². The summed E-state index contributed by atoms with van der Waals surface area (Å²) < 4.78 is 12.5. The number of para-hydroxylation sites is 1. The van der Waals surface area contributed by atoms with E-state index in [1.807, 2.05) is 18.2 Å². The van der Waals surface area contributed by atoms with E-state index in [1.165, 1.54) is 0 Å². The summed E-state index contributed by atoms with van der Waals surface area (Å²) in [4.78, 5) is 26.7. The first-order valence-electron chi connectivity index (χ1n) is 6.68. The van der Waals surface area contributed by atoms with Crippen molar-refractivity contribution in [2.24, 2.45) is 0 Å². The van der Waals surface area contributed by atoms with Gasteiger partial charge in [-0.1, -0.05) is 12.1 Å². The van der Waals surface area contributed by atoms with Crippen molar-refractivity contribution in [2.45, 2.75) is 20.0 Å². The monoisotopic (exact) mass is 286 g/mol. The number of carbonyl (C=O) groups excluding carboxylic acids is 2. The van der Waals surface area contributed by atoms with Gasteiger partial charge in [-0.05, 0) is 13.0 Å². The van der Waals surface area contributed by atoms with Crippen LogP contribution in [0.5, 0.6) is 5.75 Å². The molecule has 0 atom stereocenters. The number of fused-ring (bicyclic) bond motifs is 3. The summed E-state index contributed by atoms with van der Waals surface area (Å²) in [6.07, 6.45) is 2.71. The topological polar surface area (TPSA) is 70.4 Å². The molecule has 0 aliphatic carbocycles. The van der Waals surface area contributed by atoms with Crippen molar-refractivity contribution in [2.75, 3.05) is 6.61 Å². The van der Waals surface area contributed by atoms with Crippen LogP contribution < -0.4 is 4.74 Å². The number of aldehydes is 1. The predicted octanol–water partition coefficient (Wildman–Crippen LogP) is 1.68. The van der Waals surface area contributed by atoms with E-state index in [0.29, 0.717) is 18.1 Å². The lowest BCUT2D eigenvalue weighted by Gasteiger charge is -2.22. The Morgan fingerprint density at radius 1 is 1.52 bits per heavy atom. The van der Waals surface area contributed by atoms with E-state index in [2.05, 4.69) is 4.98 Å². The Hall–Kier alpha value is -2.63. The molecule has 21 heavy (non-hydrogen) atoms. The zero-order valence-electron chi connectivity index (χ0n) is 11.5. The number of imidazole rings is 1. The van der Waals surface area contributed by atoms with Gasteiger partial charge in [0.25, 0.3) is 0 Å². The van der Waals surface area contributed by atoms with E-state index in [0.717, 1.165) is 17.5 Å². The average molecular weight is 286 g/mol. The van der Waals surface area contributed by atoms with E-state index in [1.54, 1.807) is 17.8 Å². The van der Waals surface area contributed by atoms with Crippen LogP contribution in [0.1, 0.15) is 28.7 Å². The van der Waals surface area contributed by atoms with Gasteiger partial charge in [-0.25, -0.2) is 9.78 Å². The van der Waals surface area contributed by atoms with E-state index in [4.69, 9.17) is 9.47 Å². The molecule has 0 unspecified atom stereocenters. The minimum absolute atomic E-state index is 0.219. The van der Waals surface area contributed by atoms with Crippen molar-refractivity contribution in [3.05, 3.63) is 41.5 Å². The highest BCUT2D eigenvalue weighted by Crippen LogP contribution is 2.34. The zero-order chi connectivity index (χ0) is 14.8. The molecule has 0 radical (unpaired) electrons. The molecule has 0 saturated heterocycles. The van der Waals surface area contributed by atoms with Gasteiger partial charge in [0.1, 0.15) is 25.0 Å². The Kier molecular flexibility index (Phi) is 3.43. The molecular weight excluding hydrogens is 272 g/mol. The predicted molar refractivity (Wildman–Crippen MR) is 73.6 cm³/mol. The van der Waals surface area contributed by atoms with Crippen LogP contribution in [0.4, 0.5) is 0 Å². The van der Waals surface area contributed by atoms with Crippen molar-refractivity contribution in [3.8, 4) is 11.4 Å². The molecule has 3 rings (SSSR count). The Labute approximate surface area is 121 Å². The maximum atomic E-state index is 11.9. The molecule has 1 aliphatic heterocycles. The van der Waals surface area contributed by atoms with E-state index >= 15 is 0 Å². The molecule has 0 amide bonds. The van der Waals surface area contributed by atoms with Gasteiger partial charge in [0.05, 0.1) is 18.0 Å². The smallest absolute Gasteiger partial charge is 0.358 e. The number of benzene rings is 1. The highest BCUT2D eigenvalue weighted by atomic mass is 16.5. The van der Waals surface area contributed by atoms with Gasteiger partial charge < -0.3 is 14.3 Å². The molecule has 1 aromatic carbocycles. The maximum Gasteiger partial charge on any atom is 0.358 e.